The summed E-state index contributed by atoms with van der Waals surface area (Å²) in [6, 6.07) is 9.57. The molecule has 2 rings (SSSR count). The van der Waals surface area contributed by atoms with Crippen molar-refractivity contribution < 1.29 is 14.6 Å². The molecule has 0 aliphatic heterocycles. The Balaban J connectivity index is 1.82. The zero-order valence-corrected chi connectivity index (χ0v) is 9.30. The van der Waals surface area contributed by atoms with Crippen LogP contribution in [0.1, 0.15) is 31.4 Å². The fourth-order valence-corrected chi connectivity index (χ4v) is 1.92. The number of carbonyl (C=O) groups is 1. The van der Waals surface area contributed by atoms with Gasteiger partial charge in [-0.1, -0.05) is 30.3 Å². The molecule has 3 nitrogen and oxygen atoms in total. The van der Waals surface area contributed by atoms with E-state index in [2.05, 4.69) is 0 Å². The van der Waals surface area contributed by atoms with Crippen molar-refractivity contribution in [1.29, 1.82) is 0 Å². The molecule has 0 heterocycles. The smallest absolute Gasteiger partial charge is 0.302 e. The molecule has 3 heteroatoms. The summed E-state index contributed by atoms with van der Waals surface area (Å²) in [6.45, 7) is 1.42. The molecule has 0 unspecified atom stereocenters. The van der Waals surface area contributed by atoms with Crippen LogP contribution in [0.15, 0.2) is 30.3 Å². The number of benzene rings is 1. The normalized spacial score (nSPS) is 24.9. The maximum atomic E-state index is 10.7. The maximum absolute atomic E-state index is 10.7. The summed E-state index contributed by atoms with van der Waals surface area (Å²) in [5.74, 6) is 0.0841. The van der Waals surface area contributed by atoms with E-state index in [0.717, 1.165) is 12.0 Å². The molecule has 0 bridgehead atoms. The van der Waals surface area contributed by atoms with E-state index < -0.39 is 6.10 Å². The van der Waals surface area contributed by atoms with Gasteiger partial charge in [-0.15, -0.1) is 0 Å². The molecule has 1 aromatic rings. The first-order valence-electron chi connectivity index (χ1n) is 5.57. The number of esters is 1. The number of aliphatic hydroxyl groups is 1. The second-order valence-electron chi connectivity index (χ2n) is 4.31. The van der Waals surface area contributed by atoms with Crippen LogP contribution in [0.3, 0.4) is 0 Å². The molecule has 0 amide bonds. The van der Waals surface area contributed by atoms with Crippen molar-refractivity contribution >= 4 is 5.97 Å². The van der Waals surface area contributed by atoms with Crippen molar-refractivity contribution in [2.75, 3.05) is 0 Å². The molecule has 0 saturated heterocycles. The molecular formula is C13H16O3. The number of aliphatic hydroxyl groups excluding tert-OH is 1. The summed E-state index contributed by atoms with van der Waals surface area (Å²) in [5.41, 5.74) is 0.927. The highest BCUT2D eigenvalue weighted by molar-refractivity contribution is 5.66. The van der Waals surface area contributed by atoms with E-state index in [1.807, 2.05) is 30.3 Å². The highest BCUT2D eigenvalue weighted by atomic mass is 16.5. The Bertz CT molecular complexity index is 361. The first kappa shape index (κ1) is 11.1. The monoisotopic (exact) mass is 220 g/mol. The van der Waals surface area contributed by atoms with Crippen molar-refractivity contribution in [2.45, 2.75) is 32.0 Å². The van der Waals surface area contributed by atoms with E-state index in [1.54, 1.807) is 0 Å². The molecule has 0 aromatic heterocycles. The fourth-order valence-electron chi connectivity index (χ4n) is 1.92. The summed E-state index contributed by atoms with van der Waals surface area (Å²) in [6.07, 6.45) is 1.12. The van der Waals surface area contributed by atoms with Crippen molar-refractivity contribution in [3.05, 3.63) is 35.9 Å². The first-order valence-corrected chi connectivity index (χ1v) is 5.57. The molecule has 1 aliphatic carbocycles. The molecule has 86 valence electrons. The van der Waals surface area contributed by atoms with Crippen LogP contribution >= 0.6 is 0 Å². The van der Waals surface area contributed by atoms with Gasteiger partial charge in [-0.05, 0) is 18.4 Å². The molecule has 0 spiro atoms. The third kappa shape index (κ3) is 2.83. The third-order valence-electron chi connectivity index (χ3n) is 2.89. The molecular weight excluding hydrogens is 204 g/mol. The predicted octanol–water partition coefficient (Wildman–Crippen LogP) is 2.06. The van der Waals surface area contributed by atoms with Crippen LogP contribution in [-0.2, 0) is 9.53 Å². The average Bonchev–Trinajstić information content (AvgIpc) is 2.96. The number of hydrogen-bond acceptors (Lipinski definition) is 3. The van der Waals surface area contributed by atoms with Crippen LogP contribution in [0.2, 0.25) is 0 Å². The second-order valence-corrected chi connectivity index (χ2v) is 4.31. The average molecular weight is 220 g/mol. The van der Waals surface area contributed by atoms with E-state index in [4.69, 9.17) is 4.74 Å². The van der Waals surface area contributed by atoms with Crippen molar-refractivity contribution in [3.63, 3.8) is 0 Å². The van der Waals surface area contributed by atoms with Gasteiger partial charge in [0.15, 0.2) is 0 Å². The topological polar surface area (TPSA) is 46.5 Å². The highest BCUT2D eigenvalue weighted by Crippen LogP contribution is 2.40. The van der Waals surface area contributed by atoms with Crippen molar-refractivity contribution in [2.24, 2.45) is 5.92 Å². The Morgan fingerprint density at radius 2 is 2.19 bits per heavy atom. The minimum Gasteiger partial charge on any atom is -0.462 e. The van der Waals surface area contributed by atoms with E-state index in [9.17, 15) is 9.90 Å². The zero-order valence-electron chi connectivity index (χ0n) is 9.30. The standard InChI is InChI=1S/C13H16O3/c1-9(14)16-13-8-11(13)7-12(15)10-5-3-2-4-6-10/h2-6,11-13,15H,7-8H2,1H3/t11-,12-,13+/m0/s1. The second kappa shape index (κ2) is 4.66. The van der Waals surface area contributed by atoms with E-state index in [0.29, 0.717) is 12.3 Å². The molecule has 1 aliphatic rings. The Morgan fingerprint density at radius 1 is 1.50 bits per heavy atom. The van der Waals surface area contributed by atoms with E-state index in [1.165, 1.54) is 6.92 Å². The lowest BCUT2D eigenvalue weighted by atomic mass is 10.0. The Morgan fingerprint density at radius 3 is 2.81 bits per heavy atom. The lowest BCUT2D eigenvalue weighted by Gasteiger charge is -2.10. The molecule has 3 atom stereocenters. The molecule has 1 N–H and O–H groups in total. The van der Waals surface area contributed by atoms with Crippen LogP contribution in [0.5, 0.6) is 0 Å². The Hall–Kier alpha value is -1.35. The minimum absolute atomic E-state index is 0.0239. The van der Waals surface area contributed by atoms with Gasteiger partial charge in [-0.25, -0.2) is 0 Å². The Kier molecular flexibility index (Phi) is 3.25. The van der Waals surface area contributed by atoms with Gasteiger partial charge in [-0.3, -0.25) is 4.79 Å². The Labute approximate surface area is 95.0 Å². The van der Waals surface area contributed by atoms with Gasteiger partial charge >= 0.3 is 5.97 Å². The maximum Gasteiger partial charge on any atom is 0.302 e. The lowest BCUT2D eigenvalue weighted by Crippen LogP contribution is -2.05. The molecule has 0 radical (unpaired) electrons. The number of rotatable bonds is 4. The van der Waals surface area contributed by atoms with Gasteiger partial charge in [0.25, 0.3) is 0 Å². The quantitative estimate of drug-likeness (QED) is 0.790. The largest absolute Gasteiger partial charge is 0.462 e. The number of ether oxygens (including phenoxy) is 1. The van der Waals surface area contributed by atoms with Gasteiger partial charge in [0, 0.05) is 12.8 Å². The lowest BCUT2D eigenvalue weighted by molar-refractivity contribution is -0.142. The van der Waals surface area contributed by atoms with Gasteiger partial charge in [0.1, 0.15) is 6.10 Å². The molecule has 1 fully saturated rings. The summed E-state index contributed by atoms with van der Waals surface area (Å²) in [7, 11) is 0. The van der Waals surface area contributed by atoms with Crippen LogP contribution in [0.25, 0.3) is 0 Å². The van der Waals surface area contributed by atoms with Gasteiger partial charge in [0.2, 0.25) is 0 Å². The summed E-state index contributed by atoms with van der Waals surface area (Å²) >= 11 is 0. The summed E-state index contributed by atoms with van der Waals surface area (Å²) in [5, 5.41) is 9.94. The van der Waals surface area contributed by atoms with Gasteiger partial charge in [-0.2, -0.15) is 0 Å². The number of carbonyl (C=O) groups excluding carboxylic acids is 1. The summed E-state index contributed by atoms with van der Waals surface area (Å²) in [4.78, 5) is 10.7. The fraction of sp³-hybridized carbons (Fsp3) is 0.462. The van der Waals surface area contributed by atoms with Gasteiger partial charge in [0.05, 0.1) is 6.10 Å². The van der Waals surface area contributed by atoms with Crippen molar-refractivity contribution in [1.82, 2.24) is 0 Å². The van der Waals surface area contributed by atoms with Crippen LogP contribution < -0.4 is 0 Å². The van der Waals surface area contributed by atoms with Crippen LogP contribution in [0.4, 0.5) is 0 Å². The molecule has 1 aromatic carbocycles. The first-order chi connectivity index (χ1) is 7.66. The van der Waals surface area contributed by atoms with Gasteiger partial charge < -0.3 is 9.84 Å². The zero-order chi connectivity index (χ0) is 11.5. The predicted molar refractivity (Wildman–Crippen MR) is 59.7 cm³/mol. The molecule has 16 heavy (non-hydrogen) atoms. The SMILES string of the molecule is CC(=O)O[C@@H]1C[C@@H]1C[C@H](O)c1ccccc1. The highest BCUT2D eigenvalue weighted by Gasteiger charge is 2.41. The third-order valence-corrected chi connectivity index (χ3v) is 2.89. The van der Waals surface area contributed by atoms with E-state index in [-0.39, 0.29) is 12.1 Å². The van der Waals surface area contributed by atoms with E-state index >= 15 is 0 Å². The van der Waals surface area contributed by atoms with Crippen LogP contribution in [-0.4, -0.2) is 17.2 Å². The number of hydrogen-bond donors (Lipinski definition) is 1. The minimum atomic E-state index is -0.452. The van der Waals surface area contributed by atoms with Crippen molar-refractivity contribution in [3.8, 4) is 0 Å². The summed E-state index contributed by atoms with van der Waals surface area (Å²) < 4.78 is 5.06. The molecule has 1 saturated carbocycles. The van der Waals surface area contributed by atoms with Crippen LogP contribution in [0, 0.1) is 5.92 Å².